The molecule has 1 heterocycles. The van der Waals surface area contributed by atoms with E-state index in [1.54, 1.807) is 0 Å². The summed E-state index contributed by atoms with van der Waals surface area (Å²) in [5.74, 6) is 0.124. The summed E-state index contributed by atoms with van der Waals surface area (Å²) in [5.41, 5.74) is -1.21. The van der Waals surface area contributed by atoms with Crippen LogP contribution < -0.4 is 5.32 Å². The van der Waals surface area contributed by atoms with Gasteiger partial charge in [0.25, 0.3) is 0 Å². The summed E-state index contributed by atoms with van der Waals surface area (Å²) in [6.07, 6.45) is 6.67. The van der Waals surface area contributed by atoms with Crippen LogP contribution in [0.1, 0.15) is 44.9 Å². The third kappa shape index (κ3) is 1.86. The quantitative estimate of drug-likeness (QED) is 0.784. The van der Waals surface area contributed by atoms with Crippen molar-refractivity contribution in [3.8, 4) is 0 Å². The SMILES string of the molecule is CN1CCC(O)(C2(C(=O)NC3CCC3)CC2)CC1. The minimum absolute atomic E-state index is 0.124. The van der Waals surface area contributed by atoms with E-state index >= 15 is 0 Å². The average Bonchev–Trinajstić information content (AvgIpc) is 3.09. The Hall–Kier alpha value is -0.610. The van der Waals surface area contributed by atoms with Gasteiger partial charge < -0.3 is 15.3 Å². The van der Waals surface area contributed by atoms with Gasteiger partial charge in [-0.2, -0.15) is 0 Å². The number of amides is 1. The van der Waals surface area contributed by atoms with Gasteiger partial charge in [-0.25, -0.2) is 0 Å². The molecule has 0 unspecified atom stereocenters. The molecule has 0 spiro atoms. The minimum atomic E-state index is -0.757. The van der Waals surface area contributed by atoms with Gasteiger partial charge in [-0.15, -0.1) is 0 Å². The topological polar surface area (TPSA) is 52.6 Å². The molecule has 0 bridgehead atoms. The van der Waals surface area contributed by atoms with Crippen LogP contribution in [0.3, 0.4) is 0 Å². The number of nitrogens with zero attached hydrogens (tertiary/aromatic N) is 1. The summed E-state index contributed by atoms with van der Waals surface area (Å²) in [4.78, 5) is 14.7. The van der Waals surface area contributed by atoms with Crippen LogP contribution in [0.2, 0.25) is 0 Å². The zero-order valence-electron chi connectivity index (χ0n) is 11.2. The molecule has 102 valence electrons. The van der Waals surface area contributed by atoms with E-state index in [0.29, 0.717) is 6.04 Å². The molecular formula is C14H24N2O2. The number of carbonyl (C=O) groups excluding carboxylic acids is 1. The fourth-order valence-electron chi connectivity index (χ4n) is 3.37. The van der Waals surface area contributed by atoms with Crippen molar-refractivity contribution in [2.75, 3.05) is 20.1 Å². The molecule has 0 aromatic rings. The van der Waals surface area contributed by atoms with Gasteiger partial charge in [0.2, 0.25) is 5.91 Å². The lowest BCUT2D eigenvalue weighted by atomic mass is 9.75. The number of hydrogen-bond acceptors (Lipinski definition) is 3. The summed E-state index contributed by atoms with van der Waals surface area (Å²) in [6.45, 7) is 1.80. The average molecular weight is 252 g/mol. The molecule has 1 saturated heterocycles. The molecule has 2 saturated carbocycles. The molecule has 4 heteroatoms. The largest absolute Gasteiger partial charge is 0.389 e. The number of likely N-dealkylation sites (tertiary alicyclic amines) is 1. The Kier molecular flexibility index (Phi) is 2.90. The monoisotopic (exact) mass is 252 g/mol. The molecule has 18 heavy (non-hydrogen) atoms. The molecule has 1 amide bonds. The van der Waals surface area contributed by atoms with Gasteiger partial charge in [-0.1, -0.05) is 0 Å². The van der Waals surface area contributed by atoms with Gasteiger partial charge in [0.05, 0.1) is 11.0 Å². The van der Waals surface area contributed by atoms with Crippen LogP contribution in [-0.4, -0.2) is 47.7 Å². The number of carbonyl (C=O) groups is 1. The number of nitrogens with one attached hydrogen (secondary N) is 1. The summed E-state index contributed by atoms with van der Waals surface area (Å²) < 4.78 is 0. The van der Waals surface area contributed by atoms with Crippen molar-refractivity contribution in [1.29, 1.82) is 0 Å². The molecule has 0 aromatic carbocycles. The van der Waals surface area contributed by atoms with Crippen LogP contribution in [-0.2, 0) is 4.79 Å². The van der Waals surface area contributed by atoms with Crippen molar-refractivity contribution in [2.45, 2.75) is 56.6 Å². The fourth-order valence-corrected chi connectivity index (χ4v) is 3.37. The first-order valence-corrected chi connectivity index (χ1v) is 7.28. The van der Waals surface area contributed by atoms with Gasteiger partial charge >= 0.3 is 0 Å². The van der Waals surface area contributed by atoms with Gasteiger partial charge in [0.15, 0.2) is 0 Å². The lowest BCUT2D eigenvalue weighted by Gasteiger charge is -2.42. The highest BCUT2D eigenvalue weighted by atomic mass is 16.3. The molecule has 0 radical (unpaired) electrons. The van der Waals surface area contributed by atoms with Crippen molar-refractivity contribution in [3.63, 3.8) is 0 Å². The van der Waals surface area contributed by atoms with Crippen LogP contribution in [0, 0.1) is 5.41 Å². The Morgan fingerprint density at radius 1 is 1.22 bits per heavy atom. The standard InChI is InChI=1S/C14H24N2O2/c1-16-9-7-14(18,8-10-16)13(5-6-13)12(17)15-11-3-2-4-11/h11,18H,2-10H2,1H3,(H,15,17). The second-order valence-electron chi connectivity index (χ2n) is 6.52. The van der Waals surface area contributed by atoms with E-state index in [1.807, 2.05) is 0 Å². The lowest BCUT2D eigenvalue weighted by molar-refractivity contribution is -0.144. The van der Waals surface area contributed by atoms with E-state index in [-0.39, 0.29) is 5.91 Å². The number of hydrogen-bond donors (Lipinski definition) is 2. The van der Waals surface area contributed by atoms with E-state index in [2.05, 4.69) is 17.3 Å². The maximum absolute atomic E-state index is 12.4. The molecule has 3 aliphatic rings. The van der Waals surface area contributed by atoms with E-state index < -0.39 is 11.0 Å². The fraction of sp³-hybridized carbons (Fsp3) is 0.929. The molecule has 0 aromatic heterocycles. The molecule has 1 aliphatic heterocycles. The molecule has 2 aliphatic carbocycles. The number of rotatable bonds is 3. The molecule has 3 rings (SSSR count). The predicted molar refractivity (Wildman–Crippen MR) is 69.1 cm³/mol. The normalized spacial score (nSPS) is 30.6. The van der Waals surface area contributed by atoms with Crippen molar-refractivity contribution in [1.82, 2.24) is 10.2 Å². The maximum atomic E-state index is 12.4. The number of aliphatic hydroxyl groups is 1. The Morgan fingerprint density at radius 2 is 1.83 bits per heavy atom. The van der Waals surface area contributed by atoms with Crippen LogP contribution in [0.4, 0.5) is 0 Å². The van der Waals surface area contributed by atoms with Gasteiger partial charge in [0, 0.05) is 19.1 Å². The zero-order valence-corrected chi connectivity index (χ0v) is 11.2. The second kappa shape index (κ2) is 4.20. The van der Waals surface area contributed by atoms with E-state index in [1.165, 1.54) is 6.42 Å². The van der Waals surface area contributed by atoms with Crippen LogP contribution in [0.15, 0.2) is 0 Å². The highest BCUT2D eigenvalue weighted by Crippen LogP contribution is 2.57. The van der Waals surface area contributed by atoms with Crippen molar-refractivity contribution in [3.05, 3.63) is 0 Å². The van der Waals surface area contributed by atoms with Crippen LogP contribution in [0.5, 0.6) is 0 Å². The van der Waals surface area contributed by atoms with Crippen molar-refractivity contribution >= 4 is 5.91 Å². The molecule has 3 fully saturated rings. The lowest BCUT2D eigenvalue weighted by Crippen LogP contribution is -2.56. The minimum Gasteiger partial charge on any atom is -0.389 e. The highest BCUT2D eigenvalue weighted by molar-refractivity contribution is 5.87. The Balaban J connectivity index is 1.67. The number of piperidine rings is 1. The first-order valence-electron chi connectivity index (χ1n) is 7.28. The van der Waals surface area contributed by atoms with Gasteiger partial charge in [-0.05, 0) is 52.0 Å². The van der Waals surface area contributed by atoms with Crippen LogP contribution >= 0.6 is 0 Å². The van der Waals surface area contributed by atoms with Gasteiger partial charge in [0.1, 0.15) is 0 Å². The first kappa shape index (κ1) is 12.4. The molecular weight excluding hydrogens is 228 g/mol. The Labute approximate surface area is 109 Å². The maximum Gasteiger partial charge on any atom is 0.229 e. The van der Waals surface area contributed by atoms with Crippen molar-refractivity contribution in [2.24, 2.45) is 5.41 Å². The smallest absolute Gasteiger partial charge is 0.229 e. The summed E-state index contributed by atoms with van der Waals surface area (Å²) in [7, 11) is 2.08. The summed E-state index contributed by atoms with van der Waals surface area (Å²) in [6, 6.07) is 0.379. The summed E-state index contributed by atoms with van der Waals surface area (Å²) >= 11 is 0. The zero-order chi connectivity index (χ0) is 12.8. The van der Waals surface area contributed by atoms with Crippen molar-refractivity contribution < 1.29 is 9.90 Å². The second-order valence-corrected chi connectivity index (χ2v) is 6.52. The van der Waals surface area contributed by atoms with Crippen LogP contribution in [0.25, 0.3) is 0 Å². The summed E-state index contributed by atoms with van der Waals surface area (Å²) in [5, 5.41) is 14.0. The molecule has 0 atom stereocenters. The molecule has 4 nitrogen and oxygen atoms in total. The first-order chi connectivity index (χ1) is 8.56. The predicted octanol–water partition coefficient (Wildman–Crippen LogP) is 0.892. The van der Waals surface area contributed by atoms with E-state index in [4.69, 9.17) is 0 Å². The molecule has 2 N–H and O–H groups in total. The third-order valence-electron chi connectivity index (χ3n) is 5.33. The highest BCUT2D eigenvalue weighted by Gasteiger charge is 2.64. The van der Waals surface area contributed by atoms with Gasteiger partial charge in [-0.3, -0.25) is 4.79 Å². The Bertz CT molecular complexity index is 340. The van der Waals surface area contributed by atoms with E-state index in [0.717, 1.165) is 51.6 Å². The Morgan fingerprint density at radius 3 is 2.28 bits per heavy atom. The third-order valence-corrected chi connectivity index (χ3v) is 5.33. The van der Waals surface area contributed by atoms with E-state index in [9.17, 15) is 9.90 Å².